The van der Waals surface area contributed by atoms with E-state index in [2.05, 4.69) is 15.1 Å². The molecule has 0 amide bonds. The lowest BCUT2D eigenvalue weighted by atomic mass is 9.84. The Kier molecular flexibility index (Phi) is 6.08. The first-order valence-electron chi connectivity index (χ1n) is 12.6. The Balaban J connectivity index is 1.31. The SMILES string of the molecule is Cc1ccc(Nc2nc(N3CCN(c4ccc(F)cc4)CC3)nc3c2C(=O)CC(c2ccco2)C3)cc1. The minimum atomic E-state index is -0.235. The van der Waals surface area contributed by atoms with Crippen molar-refractivity contribution >= 4 is 28.9 Å². The molecule has 37 heavy (non-hydrogen) atoms. The number of Topliss-reactive ketones (excluding diaryl/α,β-unsaturated/α-hetero) is 1. The summed E-state index contributed by atoms with van der Waals surface area (Å²) in [5, 5.41) is 3.39. The molecule has 1 aliphatic carbocycles. The fourth-order valence-corrected chi connectivity index (χ4v) is 5.11. The summed E-state index contributed by atoms with van der Waals surface area (Å²) >= 11 is 0. The van der Waals surface area contributed by atoms with Crippen molar-refractivity contribution in [1.29, 1.82) is 0 Å². The van der Waals surface area contributed by atoms with Gasteiger partial charge in [-0.25, -0.2) is 9.37 Å². The van der Waals surface area contributed by atoms with Gasteiger partial charge in [-0.2, -0.15) is 4.98 Å². The highest BCUT2D eigenvalue weighted by molar-refractivity contribution is 6.03. The van der Waals surface area contributed by atoms with E-state index in [0.717, 1.165) is 54.6 Å². The number of carbonyl (C=O) groups excluding carboxylic acids is 1. The maximum atomic E-state index is 13.4. The van der Waals surface area contributed by atoms with Crippen molar-refractivity contribution in [1.82, 2.24) is 9.97 Å². The van der Waals surface area contributed by atoms with Crippen LogP contribution in [-0.2, 0) is 6.42 Å². The zero-order valence-electron chi connectivity index (χ0n) is 20.7. The van der Waals surface area contributed by atoms with E-state index in [1.165, 1.54) is 12.1 Å². The predicted octanol–water partition coefficient (Wildman–Crippen LogP) is 5.50. The molecule has 2 aromatic heterocycles. The average Bonchev–Trinajstić information content (AvgIpc) is 3.45. The number of hydrogen-bond donors (Lipinski definition) is 1. The normalized spacial score (nSPS) is 17.6. The van der Waals surface area contributed by atoms with Gasteiger partial charge in [-0.3, -0.25) is 4.79 Å². The van der Waals surface area contributed by atoms with Gasteiger partial charge in [0.2, 0.25) is 5.95 Å². The van der Waals surface area contributed by atoms with Crippen LogP contribution in [0.3, 0.4) is 0 Å². The van der Waals surface area contributed by atoms with Crippen LogP contribution >= 0.6 is 0 Å². The van der Waals surface area contributed by atoms with Gasteiger partial charge >= 0.3 is 0 Å². The van der Waals surface area contributed by atoms with E-state index in [-0.39, 0.29) is 17.5 Å². The fourth-order valence-electron chi connectivity index (χ4n) is 5.11. The van der Waals surface area contributed by atoms with Crippen LogP contribution in [0.1, 0.15) is 39.7 Å². The largest absolute Gasteiger partial charge is 0.469 e. The molecular formula is C29H28FN5O2. The van der Waals surface area contributed by atoms with Crippen LogP contribution in [0.2, 0.25) is 0 Å². The molecule has 4 aromatic rings. The van der Waals surface area contributed by atoms with Gasteiger partial charge in [0.05, 0.1) is 17.5 Å². The fraction of sp³-hybridized carbons (Fsp3) is 0.276. The summed E-state index contributed by atoms with van der Waals surface area (Å²) in [5.41, 5.74) is 4.35. The molecule has 1 unspecified atom stereocenters. The molecule has 1 aliphatic heterocycles. The Bertz CT molecular complexity index is 1400. The molecule has 1 atom stereocenters. The Morgan fingerprint density at radius 1 is 0.919 bits per heavy atom. The maximum absolute atomic E-state index is 13.4. The lowest BCUT2D eigenvalue weighted by Gasteiger charge is -2.36. The quantitative estimate of drug-likeness (QED) is 0.390. The van der Waals surface area contributed by atoms with Crippen molar-refractivity contribution in [2.45, 2.75) is 25.7 Å². The number of anilines is 4. The third-order valence-corrected chi connectivity index (χ3v) is 7.14. The van der Waals surface area contributed by atoms with Gasteiger partial charge in [0, 0.05) is 56.3 Å². The number of benzene rings is 2. The molecule has 0 spiro atoms. The van der Waals surface area contributed by atoms with Crippen molar-refractivity contribution in [2.75, 3.05) is 41.3 Å². The maximum Gasteiger partial charge on any atom is 0.227 e. The van der Waals surface area contributed by atoms with Crippen LogP contribution in [0.25, 0.3) is 0 Å². The third-order valence-electron chi connectivity index (χ3n) is 7.14. The van der Waals surface area contributed by atoms with Gasteiger partial charge in [0.1, 0.15) is 17.4 Å². The van der Waals surface area contributed by atoms with Gasteiger partial charge in [-0.05, 0) is 55.5 Å². The predicted molar refractivity (Wildman–Crippen MR) is 141 cm³/mol. The van der Waals surface area contributed by atoms with Crippen LogP contribution in [-0.4, -0.2) is 41.9 Å². The van der Waals surface area contributed by atoms with E-state index in [4.69, 9.17) is 14.4 Å². The number of halogens is 1. The van der Waals surface area contributed by atoms with Crippen LogP contribution in [0.5, 0.6) is 0 Å². The second kappa shape index (κ2) is 9.69. The second-order valence-corrected chi connectivity index (χ2v) is 9.68. The molecule has 0 bridgehead atoms. The molecular weight excluding hydrogens is 469 g/mol. The monoisotopic (exact) mass is 497 g/mol. The van der Waals surface area contributed by atoms with E-state index in [0.29, 0.717) is 30.2 Å². The molecule has 0 saturated carbocycles. The summed E-state index contributed by atoms with van der Waals surface area (Å²) in [5.74, 6) is 1.71. The third kappa shape index (κ3) is 4.79. The van der Waals surface area contributed by atoms with Crippen LogP contribution < -0.4 is 15.1 Å². The zero-order valence-corrected chi connectivity index (χ0v) is 20.7. The number of piperazine rings is 1. The lowest BCUT2D eigenvalue weighted by molar-refractivity contribution is 0.0959. The summed E-state index contributed by atoms with van der Waals surface area (Å²) in [6.45, 7) is 5.01. The Morgan fingerprint density at radius 3 is 2.35 bits per heavy atom. The first kappa shape index (κ1) is 23.2. The summed E-state index contributed by atoms with van der Waals surface area (Å²) in [6.07, 6.45) is 2.62. The van der Waals surface area contributed by atoms with E-state index in [1.807, 2.05) is 55.5 Å². The molecule has 8 heteroatoms. The average molecular weight is 498 g/mol. The summed E-state index contributed by atoms with van der Waals surface area (Å²) in [7, 11) is 0. The number of fused-ring (bicyclic) bond motifs is 1. The van der Waals surface area contributed by atoms with E-state index < -0.39 is 0 Å². The Labute approximate surface area is 215 Å². The number of nitrogens with one attached hydrogen (secondary N) is 1. The van der Waals surface area contributed by atoms with Crippen LogP contribution in [0, 0.1) is 12.7 Å². The number of rotatable bonds is 5. The molecule has 1 N–H and O–H groups in total. The minimum absolute atomic E-state index is 0.0185. The van der Waals surface area contributed by atoms with Crippen molar-refractivity contribution in [3.05, 3.63) is 95.3 Å². The van der Waals surface area contributed by atoms with E-state index in [9.17, 15) is 9.18 Å². The number of furan rings is 1. The smallest absolute Gasteiger partial charge is 0.227 e. The molecule has 1 fully saturated rings. The Morgan fingerprint density at radius 2 is 1.65 bits per heavy atom. The minimum Gasteiger partial charge on any atom is -0.469 e. The number of ketones is 1. The van der Waals surface area contributed by atoms with Gasteiger partial charge < -0.3 is 19.5 Å². The number of nitrogens with zero attached hydrogens (tertiary/aromatic N) is 4. The molecule has 7 nitrogen and oxygen atoms in total. The van der Waals surface area contributed by atoms with Gasteiger partial charge in [0.25, 0.3) is 0 Å². The molecule has 2 aromatic carbocycles. The second-order valence-electron chi connectivity index (χ2n) is 9.68. The highest BCUT2D eigenvalue weighted by Gasteiger charge is 2.33. The summed E-state index contributed by atoms with van der Waals surface area (Å²) < 4.78 is 19.0. The highest BCUT2D eigenvalue weighted by atomic mass is 19.1. The molecule has 6 rings (SSSR count). The molecule has 188 valence electrons. The van der Waals surface area contributed by atoms with Crippen LogP contribution in [0.15, 0.2) is 71.3 Å². The van der Waals surface area contributed by atoms with Gasteiger partial charge in [-0.15, -0.1) is 0 Å². The topological polar surface area (TPSA) is 74.5 Å². The van der Waals surface area contributed by atoms with Crippen molar-refractivity contribution in [3.8, 4) is 0 Å². The summed E-state index contributed by atoms with van der Waals surface area (Å²) in [4.78, 5) is 27.5. The standard InChI is InChI=1S/C29H28FN5O2/c1-19-4-8-22(9-5-19)31-28-27-24(17-20(18-25(27)36)26-3-2-16-37-26)32-29(33-28)35-14-12-34(13-15-35)23-10-6-21(30)7-11-23/h2-11,16,20H,12-15,17-18H2,1H3,(H,31,32,33). The molecule has 0 radical (unpaired) electrons. The number of hydrogen-bond acceptors (Lipinski definition) is 7. The molecule has 1 saturated heterocycles. The number of aromatic nitrogens is 2. The number of carbonyl (C=O) groups is 1. The van der Waals surface area contributed by atoms with Gasteiger partial charge in [-0.1, -0.05) is 17.7 Å². The van der Waals surface area contributed by atoms with E-state index in [1.54, 1.807) is 6.26 Å². The van der Waals surface area contributed by atoms with Crippen molar-refractivity contribution in [2.24, 2.45) is 0 Å². The molecule has 2 aliphatic rings. The zero-order chi connectivity index (χ0) is 25.4. The lowest BCUT2D eigenvalue weighted by Crippen LogP contribution is -2.47. The van der Waals surface area contributed by atoms with Gasteiger partial charge in [0.15, 0.2) is 5.78 Å². The van der Waals surface area contributed by atoms with Crippen molar-refractivity contribution in [3.63, 3.8) is 0 Å². The number of aryl methyl sites for hydroxylation is 1. The van der Waals surface area contributed by atoms with Crippen molar-refractivity contribution < 1.29 is 13.6 Å². The first-order chi connectivity index (χ1) is 18.0. The molecule has 3 heterocycles. The van der Waals surface area contributed by atoms with Crippen LogP contribution in [0.4, 0.5) is 27.5 Å². The highest BCUT2D eigenvalue weighted by Crippen LogP contribution is 2.37. The Hall–Kier alpha value is -4.20. The summed E-state index contributed by atoms with van der Waals surface area (Å²) in [6, 6.07) is 18.4. The van der Waals surface area contributed by atoms with E-state index >= 15 is 0 Å². The first-order valence-corrected chi connectivity index (χ1v) is 12.6.